The number of amides is 1. The molecule has 2 aromatic rings. The molecule has 0 radical (unpaired) electrons. The molecule has 0 saturated heterocycles. The maximum Gasteiger partial charge on any atom is 0.228 e. The second kappa shape index (κ2) is 5.17. The molecule has 1 unspecified atom stereocenters. The summed E-state index contributed by atoms with van der Waals surface area (Å²) in [4.78, 5) is 11.6. The van der Waals surface area contributed by atoms with Crippen molar-refractivity contribution in [3.05, 3.63) is 63.2 Å². The average Bonchev–Trinajstić information content (AvgIpc) is 2.83. The summed E-state index contributed by atoms with van der Waals surface area (Å²) in [6.07, 6.45) is -0.459. The number of fused-ring (bicyclic) bond motifs is 1. The first kappa shape index (κ1) is 14.1. The summed E-state index contributed by atoms with van der Waals surface area (Å²) >= 11 is 6.41. The van der Waals surface area contributed by atoms with Gasteiger partial charge in [-0.3, -0.25) is 4.79 Å². The standard InChI is InChI=1S/C17H16ClNO2/c1-9-5-3-4-6-12(9)17(21)13-7-11-8-14(20)19-16(11)10(2)15(13)18/h3-7,17,21H,8H2,1-2H3,(H,19,20). The van der Waals surface area contributed by atoms with Crippen LogP contribution in [0.2, 0.25) is 5.02 Å². The topological polar surface area (TPSA) is 49.3 Å². The van der Waals surface area contributed by atoms with Gasteiger partial charge in [-0.15, -0.1) is 0 Å². The van der Waals surface area contributed by atoms with Crippen LogP contribution in [0.4, 0.5) is 5.69 Å². The van der Waals surface area contributed by atoms with Crippen LogP contribution in [-0.4, -0.2) is 11.0 Å². The molecular formula is C17H16ClNO2. The number of rotatable bonds is 2. The molecule has 2 aromatic carbocycles. The van der Waals surface area contributed by atoms with Crippen molar-refractivity contribution < 1.29 is 9.90 Å². The largest absolute Gasteiger partial charge is 0.384 e. The number of carbonyl (C=O) groups excluding carboxylic acids is 1. The smallest absolute Gasteiger partial charge is 0.228 e. The zero-order valence-corrected chi connectivity index (χ0v) is 12.7. The first-order chi connectivity index (χ1) is 9.99. The van der Waals surface area contributed by atoms with Crippen molar-refractivity contribution in [2.45, 2.75) is 26.4 Å². The fraction of sp³-hybridized carbons (Fsp3) is 0.235. The van der Waals surface area contributed by atoms with E-state index in [4.69, 9.17) is 11.6 Å². The van der Waals surface area contributed by atoms with Crippen molar-refractivity contribution in [2.75, 3.05) is 5.32 Å². The van der Waals surface area contributed by atoms with E-state index in [9.17, 15) is 9.90 Å². The lowest BCUT2D eigenvalue weighted by atomic mass is 9.94. The summed E-state index contributed by atoms with van der Waals surface area (Å²) in [5.41, 5.74) is 4.97. The minimum atomic E-state index is -0.793. The Bertz CT molecular complexity index is 740. The Kier molecular flexibility index (Phi) is 3.47. The molecule has 4 heteroatoms. The number of aryl methyl sites for hydroxylation is 1. The van der Waals surface area contributed by atoms with E-state index in [1.165, 1.54) is 0 Å². The lowest BCUT2D eigenvalue weighted by Gasteiger charge is -2.18. The predicted molar refractivity (Wildman–Crippen MR) is 83.8 cm³/mol. The van der Waals surface area contributed by atoms with E-state index in [1.54, 1.807) is 0 Å². The molecule has 0 aromatic heterocycles. The van der Waals surface area contributed by atoms with Crippen LogP contribution in [0, 0.1) is 13.8 Å². The van der Waals surface area contributed by atoms with E-state index < -0.39 is 6.10 Å². The quantitative estimate of drug-likeness (QED) is 0.891. The molecule has 0 aliphatic carbocycles. The Morgan fingerprint density at radius 1 is 1.24 bits per heavy atom. The van der Waals surface area contributed by atoms with Gasteiger partial charge in [-0.25, -0.2) is 0 Å². The first-order valence-electron chi connectivity index (χ1n) is 6.84. The Hall–Kier alpha value is -1.84. The van der Waals surface area contributed by atoms with E-state index in [-0.39, 0.29) is 5.91 Å². The normalized spacial score (nSPS) is 14.8. The highest BCUT2D eigenvalue weighted by molar-refractivity contribution is 6.33. The molecule has 0 fully saturated rings. The zero-order valence-electron chi connectivity index (χ0n) is 11.9. The van der Waals surface area contributed by atoms with Crippen molar-refractivity contribution in [1.29, 1.82) is 0 Å². The Balaban J connectivity index is 2.12. The third-order valence-corrected chi connectivity index (χ3v) is 4.50. The van der Waals surface area contributed by atoms with Gasteiger partial charge >= 0.3 is 0 Å². The molecular weight excluding hydrogens is 286 g/mol. The van der Waals surface area contributed by atoms with Crippen LogP contribution in [0.15, 0.2) is 30.3 Å². The highest BCUT2D eigenvalue weighted by Crippen LogP contribution is 2.39. The summed E-state index contributed by atoms with van der Waals surface area (Å²) in [5.74, 6) is -0.0355. The maximum atomic E-state index is 11.6. The average molecular weight is 302 g/mol. The Morgan fingerprint density at radius 2 is 1.95 bits per heavy atom. The molecule has 1 atom stereocenters. The molecule has 3 nitrogen and oxygen atoms in total. The van der Waals surface area contributed by atoms with Gasteiger partial charge in [0.2, 0.25) is 5.91 Å². The van der Waals surface area contributed by atoms with Gasteiger partial charge in [0, 0.05) is 11.3 Å². The number of nitrogens with one attached hydrogen (secondary N) is 1. The summed E-state index contributed by atoms with van der Waals surface area (Å²) in [6.45, 7) is 3.82. The number of anilines is 1. The molecule has 0 bridgehead atoms. The Labute approximate surface area is 128 Å². The van der Waals surface area contributed by atoms with E-state index in [1.807, 2.05) is 44.2 Å². The lowest BCUT2D eigenvalue weighted by molar-refractivity contribution is -0.115. The molecule has 2 N–H and O–H groups in total. The van der Waals surface area contributed by atoms with Crippen LogP contribution in [0.1, 0.15) is 33.9 Å². The summed E-state index contributed by atoms with van der Waals surface area (Å²) in [7, 11) is 0. The Morgan fingerprint density at radius 3 is 2.67 bits per heavy atom. The van der Waals surface area contributed by atoms with Crippen LogP contribution in [-0.2, 0) is 11.2 Å². The number of aliphatic hydroxyl groups excluding tert-OH is 1. The molecule has 1 heterocycles. The van der Waals surface area contributed by atoms with Gasteiger partial charge in [0.1, 0.15) is 6.10 Å². The van der Waals surface area contributed by atoms with Crippen LogP contribution in [0.25, 0.3) is 0 Å². The molecule has 108 valence electrons. The van der Waals surface area contributed by atoms with Gasteiger partial charge in [0.15, 0.2) is 0 Å². The van der Waals surface area contributed by atoms with Crippen LogP contribution >= 0.6 is 11.6 Å². The van der Waals surface area contributed by atoms with E-state index >= 15 is 0 Å². The minimum Gasteiger partial charge on any atom is -0.384 e. The second-order valence-corrected chi connectivity index (χ2v) is 5.80. The van der Waals surface area contributed by atoms with Gasteiger partial charge in [-0.1, -0.05) is 35.9 Å². The third kappa shape index (κ3) is 2.33. The van der Waals surface area contributed by atoms with Crippen molar-refractivity contribution in [1.82, 2.24) is 0 Å². The molecule has 21 heavy (non-hydrogen) atoms. The van der Waals surface area contributed by atoms with Crippen molar-refractivity contribution in [2.24, 2.45) is 0 Å². The minimum absolute atomic E-state index is 0.0355. The summed E-state index contributed by atoms with van der Waals surface area (Å²) < 4.78 is 0. The number of carbonyl (C=O) groups is 1. The fourth-order valence-electron chi connectivity index (χ4n) is 2.82. The summed E-state index contributed by atoms with van der Waals surface area (Å²) in [5, 5.41) is 14.0. The molecule has 0 saturated carbocycles. The number of halogens is 1. The van der Waals surface area contributed by atoms with Gasteiger partial charge in [0.05, 0.1) is 11.4 Å². The SMILES string of the molecule is Cc1ccccc1C(O)c1cc2c(c(C)c1Cl)NC(=O)C2. The zero-order chi connectivity index (χ0) is 15.1. The number of benzene rings is 2. The van der Waals surface area contributed by atoms with Crippen LogP contribution in [0.3, 0.4) is 0 Å². The predicted octanol–water partition coefficient (Wildman–Crippen LogP) is 3.53. The lowest BCUT2D eigenvalue weighted by Crippen LogP contribution is -2.05. The molecule has 1 aliphatic rings. The molecule has 3 rings (SSSR count). The molecule has 1 amide bonds. The van der Waals surface area contributed by atoms with E-state index in [0.29, 0.717) is 17.0 Å². The first-order valence-corrected chi connectivity index (χ1v) is 7.22. The van der Waals surface area contributed by atoms with Gasteiger partial charge < -0.3 is 10.4 Å². The maximum absolute atomic E-state index is 11.6. The van der Waals surface area contributed by atoms with Gasteiger partial charge in [-0.05, 0) is 42.2 Å². The van der Waals surface area contributed by atoms with Crippen LogP contribution in [0.5, 0.6) is 0 Å². The highest BCUT2D eigenvalue weighted by Gasteiger charge is 2.26. The number of hydrogen-bond acceptors (Lipinski definition) is 2. The van der Waals surface area contributed by atoms with Crippen molar-refractivity contribution in [3.8, 4) is 0 Å². The third-order valence-electron chi connectivity index (χ3n) is 4.00. The molecule has 0 spiro atoms. The fourth-order valence-corrected chi connectivity index (χ4v) is 3.07. The number of aliphatic hydroxyl groups is 1. The van der Waals surface area contributed by atoms with E-state index in [0.717, 1.165) is 27.9 Å². The van der Waals surface area contributed by atoms with Crippen LogP contribution < -0.4 is 5.32 Å². The highest BCUT2D eigenvalue weighted by atomic mass is 35.5. The summed E-state index contributed by atoms with van der Waals surface area (Å²) in [6, 6.07) is 9.51. The van der Waals surface area contributed by atoms with Gasteiger partial charge in [-0.2, -0.15) is 0 Å². The number of hydrogen-bond donors (Lipinski definition) is 2. The van der Waals surface area contributed by atoms with Gasteiger partial charge in [0.25, 0.3) is 0 Å². The van der Waals surface area contributed by atoms with Crippen molar-refractivity contribution >= 4 is 23.2 Å². The van der Waals surface area contributed by atoms with E-state index in [2.05, 4.69) is 5.32 Å². The monoisotopic (exact) mass is 301 g/mol. The molecule has 1 aliphatic heterocycles. The van der Waals surface area contributed by atoms with Crippen molar-refractivity contribution in [3.63, 3.8) is 0 Å². The second-order valence-electron chi connectivity index (χ2n) is 5.42.